The van der Waals surface area contributed by atoms with Gasteiger partial charge in [0.1, 0.15) is 17.3 Å². The third-order valence-corrected chi connectivity index (χ3v) is 4.39. The molecule has 5 aromatic rings. The quantitative estimate of drug-likeness (QED) is 0.455. The maximum absolute atomic E-state index is 13.9. The summed E-state index contributed by atoms with van der Waals surface area (Å²) in [4.78, 5) is 12.7. The van der Waals surface area contributed by atoms with Gasteiger partial charge in [-0.15, -0.1) is 0 Å². The molecule has 0 atom stereocenters. The zero-order valence-corrected chi connectivity index (χ0v) is 15.2. The van der Waals surface area contributed by atoms with E-state index in [2.05, 4.69) is 26.3 Å². The molecule has 3 heterocycles. The van der Waals surface area contributed by atoms with Gasteiger partial charge in [-0.2, -0.15) is 4.98 Å². The van der Waals surface area contributed by atoms with Crippen molar-refractivity contribution in [3.05, 3.63) is 72.9 Å². The number of aryl methyl sites for hydroxylation is 1. The zero-order chi connectivity index (χ0) is 19.8. The monoisotopic (exact) mass is 386 g/mol. The fourth-order valence-electron chi connectivity index (χ4n) is 2.91. The minimum absolute atomic E-state index is 0.142. The first-order valence-corrected chi connectivity index (χ1v) is 8.73. The second-order valence-corrected chi connectivity index (χ2v) is 6.30. The van der Waals surface area contributed by atoms with Crippen molar-refractivity contribution in [2.45, 2.75) is 0 Å². The SMILES string of the molecule is Cn1[c]cc2ccc(Oc3cnc(-c4nc(-c5ccccc5F)no4)cn3)cc21. The summed E-state index contributed by atoms with van der Waals surface area (Å²) in [5, 5.41) is 4.89. The molecular weight excluding hydrogens is 373 g/mol. The second kappa shape index (κ2) is 6.83. The van der Waals surface area contributed by atoms with E-state index in [1.807, 2.05) is 35.9 Å². The predicted molar refractivity (Wildman–Crippen MR) is 103 cm³/mol. The molecule has 0 saturated heterocycles. The van der Waals surface area contributed by atoms with E-state index < -0.39 is 5.82 Å². The Kier molecular flexibility index (Phi) is 4.02. The second-order valence-electron chi connectivity index (χ2n) is 6.30. The number of halogens is 1. The van der Waals surface area contributed by atoms with Crippen LogP contribution < -0.4 is 4.74 Å². The molecule has 0 aliphatic carbocycles. The van der Waals surface area contributed by atoms with Crippen LogP contribution >= 0.6 is 0 Å². The van der Waals surface area contributed by atoms with Gasteiger partial charge in [0, 0.05) is 18.5 Å². The highest BCUT2D eigenvalue weighted by Gasteiger charge is 2.15. The van der Waals surface area contributed by atoms with E-state index in [0.717, 1.165) is 10.9 Å². The van der Waals surface area contributed by atoms with Crippen LogP contribution in [0.2, 0.25) is 0 Å². The normalized spacial score (nSPS) is 11.1. The molecule has 0 fully saturated rings. The van der Waals surface area contributed by atoms with Gasteiger partial charge in [-0.3, -0.25) is 0 Å². The van der Waals surface area contributed by atoms with Crippen molar-refractivity contribution >= 4 is 10.9 Å². The molecule has 0 unspecified atom stereocenters. The van der Waals surface area contributed by atoms with E-state index in [4.69, 9.17) is 9.26 Å². The number of hydrogen-bond acceptors (Lipinski definition) is 6. The summed E-state index contributed by atoms with van der Waals surface area (Å²) in [5.41, 5.74) is 1.61. The first kappa shape index (κ1) is 17.1. The summed E-state index contributed by atoms with van der Waals surface area (Å²) in [7, 11) is 1.92. The topological polar surface area (TPSA) is 78.9 Å². The van der Waals surface area contributed by atoms with Crippen LogP contribution in [-0.2, 0) is 7.05 Å². The standard InChI is InChI=1S/C21H13FN5O2/c1-27-9-8-13-6-7-14(10-18(13)27)28-19-12-23-17(11-24-19)21-25-20(26-29-21)15-4-2-3-5-16(15)22/h2-8,10-12H,1H3. The number of nitrogens with zero attached hydrogens (tertiary/aromatic N) is 5. The van der Waals surface area contributed by atoms with Crippen molar-refractivity contribution in [2.75, 3.05) is 0 Å². The van der Waals surface area contributed by atoms with Crippen LogP contribution in [0, 0.1) is 12.0 Å². The molecule has 0 N–H and O–H groups in total. The smallest absolute Gasteiger partial charge is 0.278 e. The van der Waals surface area contributed by atoms with E-state index in [9.17, 15) is 4.39 Å². The lowest BCUT2D eigenvalue weighted by atomic mass is 10.2. The third-order valence-electron chi connectivity index (χ3n) is 4.39. The zero-order valence-electron chi connectivity index (χ0n) is 15.2. The minimum Gasteiger partial charge on any atom is -0.437 e. The van der Waals surface area contributed by atoms with Gasteiger partial charge in [0.05, 0.1) is 29.7 Å². The average Bonchev–Trinajstić information content (AvgIpc) is 3.37. The maximum Gasteiger partial charge on any atom is 0.278 e. The lowest BCUT2D eigenvalue weighted by molar-refractivity contribution is 0.429. The van der Waals surface area contributed by atoms with Gasteiger partial charge in [0.25, 0.3) is 5.89 Å². The number of ether oxygens (including phenoxy) is 1. The Morgan fingerprint density at radius 1 is 1.10 bits per heavy atom. The number of benzene rings is 2. The maximum atomic E-state index is 13.9. The van der Waals surface area contributed by atoms with Gasteiger partial charge in [0.15, 0.2) is 0 Å². The van der Waals surface area contributed by atoms with Crippen molar-refractivity contribution in [2.24, 2.45) is 7.05 Å². The van der Waals surface area contributed by atoms with Gasteiger partial charge in [-0.1, -0.05) is 17.3 Å². The lowest BCUT2D eigenvalue weighted by Crippen LogP contribution is -1.92. The molecule has 0 aliphatic heterocycles. The highest BCUT2D eigenvalue weighted by Crippen LogP contribution is 2.26. The number of aromatic nitrogens is 5. The Labute approximate surface area is 164 Å². The van der Waals surface area contributed by atoms with Crippen LogP contribution in [-0.4, -0.2) is 24.7 Å². The Balaban J connectivity index is 1.37. The van der Waals surface area contributed by atoms with Crippen molar-refractivity contribution < 1.29 is 13.7 Å². The van der Waals surface area contributed by atoms with Gasteiger partial charge in [0.2, 0.25) is 11.7 Å². The summed E-state index contributed by atoms with van der Waals surface area (Å²) in [6.07, 6.45) is 6.02. The summed E-state index contributed by atoms with van der Waals surface area (Å²) < 4.78 is 26.7. The Morgan fingerprint density at radius 3 is 2.83 bits per heavy atom. The van der Waals surface area contributed by atoms with Crippen molar-refractivity contribution in [3.63, 3.8) is 0 Å². The van der Waals surface area contributed by atoms with Crippen LogP contribution in [0.1, 0.15) is 0 Å². The molecule has 0 bridgehead atoms. The molecule has 141 valence electrons. The van der Waals surface area contributed by atoms with Crippen LogP contribution in [0.4, 0.5) is 4.39 Å². The Hall–Kier alpha value is -4.07. The van der Waals surface area contributed by atoms with E-state index >= 15 is 0 Å². The fraction of sp³-hybridized carbons (Fsp3) is 0.0476. The fourth-order valence-corrected chi connectivity index (χ4v) is 2.91. The molecule has 8 heteroatoms. The number of rotatable bonds is 4. The third kappa shape index (κ3) is 3.20. The lowest BCUT2D eigenvalue weighted by Gasteiger charge is -2.05. The Bertz CT molecular complexity index is 1310. The first-order chi connectivity index (χ1) is 14.2. The van der Waals surface area contributed by atoms with Crippen LogP contribution in [0.5, 0.6) is 11.6 Å². The minimum atomic E-state index is -0.428. The summed E-state index contributed by atoms with van der Waals surface area (Å²) in [6, 6.07) is 13.8. The molecule has 1 radical (unpaired) electrons. The van der Waals surface area contributed by atoms with E-state index in [1.54, 1.807) is 18.2 Å². The van der Waals surface area contributed by atoms with Gasteiger partial charge in [-0.05, 0) is 30.3 Å². The summed E-state index contributed by atoms with van der Waals surface area (Å²) in [6.45, 7) is 0. The molecule has 0 spiro atoms. The van der Waals surface area contributed by atoms with Gasteiger partial charge < -0.3 is 13.8 Å². The van der Waals surface area contributed by atoms with Gasteiger partial charge >= 0.3 is 0 Å². The van der Waals surface area contributed by atoms with Crippen molar-refractivity contribution in [1.29, 1.82) is 0 Å². The van der Waals surface area contributed by atoms with Crippen molar-refractivity contribution in [1.82, 2.24) is 24.7 Å². The van der Waals surface area contributed by atoms with E-state index in [0.29, 0.717) is 17.3 Å². The highest BCUT2D eigenvalue weighted by atomic mass is 19.1. The van der Waals surface area contributed by atoms with E-state index in [1.165, 1.54) is 18.5 Å². The largest absolute Gasteiger partial charge is 0.437 e. The van der Waals surface area contributed by atoms with Crippen LogP contribution in [0.15, 0.2) is 65.4 Å². The number of hydrogen-bond donors (Lipinski definition) is 0. The molecule has 0 amide bonds. The highest BCUT2D eigenvalue weighted by molar-refractivity contribution is 5.81. The van der Waals surface area contributed by atoms with Gasteiger partial charge in [-0.25, -0.2) is 14.4 Å². The summed E-state index contributed by atoms with van der Waals surface area (Å²) in [5.74, 6) is 0.813. The Morgan fingerprint density at radius 2 is 2.00 bits per heavy atom. The molecule has 3 aromatic heterocycles. The first-order valence-electron chi connectivity index (χ1n) is 8.73. The predicted octanol–water partition coefficient (Wildman–Crippen LogP) is 4.42. The molecule has 7 nitrogen and oxygen atoms in total. The summed E-state index contributed by atoms with van der Waals surface area (Å²) >= 11 is 0. The molecule has 2 aromatic carbocycles. The molecule has 0 aliphatic rings. The number of fused-ring (bicyclic) bond motifs is 1. The molecule has 29 heavy (non-hydrogen) atoms. The van der Waals surface area contributed by atoms with Crippen molar-refractivity contribution in [3.8, 4) is 34.6 Å². The van der Waals surface area contributed by atoms with E-state index in [-0.39, 0.29) is 17.3 Å². The molecular formula is C21H13FN5O2. The average molecular weight is 386 g/mol. The molecule has 0 saturated carbocycles. The van der Waals surface area contributed by atoms with Crippen LogP contribution in [0.25, 0.3) is 33.9 Å². The molecule has 5 rings (SSSR count). The van der Waals surface area contributed by atoms with Crippen LogP contribution in [0.3, 0.4) is 0 Å².